The minimum atomic E-state index is -4.64. The normalized spacial score (nSPS) is 11.4. The van der Waals surface area contributed by atoms with Crippen molar-refractivity contribution in [1.82, 2.24) is 10.2 Å². The third kappa shape index (κ3) is 4.22. The monoisotopic (exact) mass is 394 g/mol. The lowest BCUT2D eigenvalue weighted by Crippen LogP contribution is -2.35. The van der Waals surface area contributed by atoms with E-state index in [4.69, 9.17) is 17.3 Å². The maximum absolute atomic E-state index is 13.1. The van der Waals surface area contributed by atoms with Gasteiger partial charge in [-0.3, -0.25) is 10.00 Å². The number of halogens is 4. The van der Waals surface area contributed by atoms with Crippen LogP contribution in [0.4, 0.5) is 23.7 Å². The molecule has 5 nitrogen and oxygen atoms in total. The van der Waals surface area contributed by atoms with E-state index >= 15 is 0 Å². The fourth-order valence-corrected chi connectivity index (χ4v) is 2.81. The van der Waals surface area contributed by atoms with E-state index in [-0.39, 0.29) is 12.2 Å². The van der Waals surface area contributed by atoms with Gasteiger partial charge in [0.1, 0.15) is 0 Å². The van der Waals surface area contributed by atoms with E-state index < -0.39 is 22.8 Å². The van der Waals surface area contributed by atoms with Gasteiger partial charge in [0.2, 0.25) is 0 Å². The number of amides is 2. The largest absolute Gasteiger partial charge is 0.417 e. The SMILES string of the molecule is NC(=O)N(Cc1ccc(-c2cn[nH]c2)cc1)c1ccc(Cl)c(C(F)(F)F)c1. The Bertz CT molecular complexity index is 940. The first-order valence-corrected chi connectivity index (χ1v) is 8.15. The highest BCUT2D eigenvalue weighted by Crippen LogP contribution is 2.37. The minimum absolute atomic E-state index is 0.0122. The first-order chi connectivity index (χ1) is 12.8. The van der Waals surface area contributed by atoms with Gasteiger partial charge in [0.15, 0.2) is 0 Å². The topological polar surface area (TPSA) is 75.0 Å². The van der Waals surface area contributed by atoms with Gasteiger partial charge in [0.05, 0.1) is 23.3 Å². The van der Waals surface area contributed by atoms with Crippen molar-refractivity contribution in [2.24, 2.45) is 5.73 Å². The summed E-state index contributed by atoms with van der Waals surface area (Å²) in [6.45, 7) is 0.0138. The molecule has 1 heterocycles. The van der Waals surface area contributed by atoms with Crippen LogP contribution in [0.25, 0.3) is 11.1 Å². The zero-order chi connectivity index (χ0) is 19.6. The van der Waals surface area contributed by atoms with E-state index in [1.807, 2.05) is 12.1 Å². The number of primary amides is 1. The quantitative estimate of drug-likeness (QED) is 0.664. The summed E-state index contributed by atoms with van der Waals surface area (Å²) in [6, 6.07) is 9.53. The Morgan fingerprint density at radius 3 is 2.41 bits per heavy atom. The minimum Gasteiger partial charge on any atom is -0.351 e. The van der Waals surface area contributed by atoms with Gasteiger partial charge in [-0.2, -0.15) is 18.3 Å². The number of urea groups is 1. The van der Waals surface area contributed by atoms with Crippen molar-refractivity contribution in [2.75, 3.05) is 4.90 Å². The number of carbonyl (C=O) groups is 1. The maximum Gasteiger partial charge on any atom is 0.417 e. The molecule has 0 spiro atoms. The Morgan fingerprint density at radius 1 is 1.15 bits per heavy atom. The third-order valence-corrected chi connectivity index (χ3v) is 4.29. The van der Waals surface area contributed by atoms with Gasteiger partial charge in [-0.1, -0.05) is 35.9 Å². The van der Waals surface area contributed by atoms with E-state index in [2.05, 4.69) is 10.2 Å². The number of aromatic nitrogens is 2. The summed E-state index contributed by atoms with van der Waals surface area (Å²) in [5, 5.41) is 6.14. The molecule has 1 aromatic heterocycles. The van der Waals surface area contributed by atoms with E-state index in [1.54, 1.807) is 24.5 Å². The highest BCUT2D eigenvalue weighted by molar-refractivity contribution is 6.31. The van der Waals surface area contributed by atoms with Gasteiger partial charge in [-0.05, 0) is 29.3 Å². The molecule has 0 saturated heterocycles. The van der Waals surface area contributed by atoms with Crippen molar-refractivity contribution < 1.29 is 18.0 Å². The second kappa shape index (κ2) is 7.32. The highest BCUT2D eigenvalue weighted by atomic mass is 35.5. The summed E-state index contributed by atoms with van der Waals surface area (Å²) in [5.74, 6) is 0. The molecule has 0 radical (unpaired) electrons. The molecule has 0 aliphatic heterocycles. The van der Waals surface area contributed by atoms with Crippen LogP contribution in [0.3, 0.4) is 0 Å². The molecular formula is C18H14ClF3N4O. The predicted molar refractivity (Wildman–Crippen MR) is 96.2 cm³/mol. The molecule has 0 atom stereocenters. The second-order valence-electron chi connectivity index (χ2n) is 5.77. The van der Waals surface area contributed by atoms with Gasteiger partial charge in [-0.25, -0.2) is 4.79 Å². The van der Waals surface area contributed by atoms with E-state index in [1.165, 1.54) is 6.07 Å². The molecule has 0 aliphatic rings. The number of carbonyl (C=O) groups excluding carboxylic acids is 1. The molecule has 3 rings (SSSR count). The first kappa shape index (κ1) is 18.8. The van der Waals surface area contributed by atoms with E-state index in [0.29, 0.717) is 5.56 Å². The average molecular weight is 395 g/mol. The third-order valence-electron chi connectivity index (χ3n) is 3.96. The van der Waals surface area contributed by atoms with Crippen LogP contribution < -0.4 is 10.6 Å². The van der Waals surface area contributed by atoms with Crippen LogP contribution in [-0.2, 0) is 12.7 Å². The number of aromatic amines is 1. The number of nitrogens with one attached hydrogen (secondary N) is 1. The van der Waals surface area contributed by atoms with Crippen LogP contribution in [0.2, 0.25) is 5.02 Å². The Balaban J connectivity index is 1.88. The number of anilines is 1. The summed E-state index contributed by atoms with van der Waals surface area (Å²) >= 11 is 5.63. The van der Waals surface area contributed by atoms with Gasteiger partial charge in [0, 0.05) is 17.4 Å². The fraction of sp³-hybridized carbons (Fsp3) is 0.111. The van der Waals surface area contributed by atoms with Crippen LogP contribution in [0.15, 0.2) is 54.9 Å². The molecule has 0 bridgehead atoms. The standard InChI is InChI=1S/C18H14ClF3N4O/c19-16-6-5-14(7-15(16)18(20,21)22)26(17(23)27)10-11-1-3-12(4-2-11)13-8-24-25-9-13/h1-9H,10H2,(H2,23,27)(H,24,25). The molecule has 3 N–H and O–H groups in total. The lowest BCUT2D eigenvalue weighted by molar-refractivity contribution is -0.137. The van der Waals surface area contributed by atoms with Gasteiger partial charge >= 0.3 is 12.2 Å². The molecule has 2 amide bonds. The van der Waals surface area contributed by atoms with Crippen molar-refractivity contribution in [3.8, 4) is 11.1 Å². The van der Waals surface area contributed by atoms with Crippen molar-refractivity contribution >= 4 is 23.3 Å². The Hall–Kier alpha value is -3.00. The van der Waals surface area contributed by atoms with Crippen molar-refractivity contribution in [3.63, 3.8) is 0 Å². The number of H-pyrrole nitrogens is 1. The number of rotatable bonds is 4. The van der Waals surface area contributed by atoms with Crippen LogP contribution in [-0.4, -0.2) is 16.2 Å². The molecule has 9 heteroatoms. The van der Waals surface area contributed by atoms with E-state index in [0.717, 1.165) is 28.2 Å². The van der Waals surface area contributed by atoms with Crippen LogP contribution in [0.1, 0.15) is 11.1 Å². The summed E-state index contributed by atoms with van der Waals surface area (Å²) in [4.78, 5) is 12.9. The molecule has 2 aromatic carbocycles. The molecule has 0 fully saturated rings. The summed E-state index contributed by atoms with van der Waals surface area (Å²) in [7, 11) is 0. The van der Waals surface area contributed by atoms with Crippen molar-refractivity contribution in [3.05, 3.63) is 71.0 Å². The average Bonchev–Trinajstić information content (AvgIpc) is 3.14. The number of hydrogen-bond acceptors (Lipinski definition) is 2. The zero-order valence-electron chi connectivity index (χ0n) is 13.8. The Morgan fingerprint density at radius 2 is 1.85 bits per heavy atom. The molecule has 140 valence electrons. The number of benzene rings is 2. The molecule has 3 aromatic rings. The molecule has 0 aliphatic carbocycles. The van der Waals surface area contributed by atoms with E-state index in [9.17, 15) is 18.0 Å². The first-order valence-electron chi connectivity index (χ1n) is 7.77. The van der Waals surface area contributed by atoms with Gasteiger partial charge in [0.25, 0.3) is 0 Å². The number of nitrogens with zero attached hydrogens (tertiary/aromatic N) is 2. The highest BCUT2D eigenvalue weighted by Gasteiger charge is 2.34. The fourth-order valence-electron chi connectivity index (χ4n) is 2.59. The number of alkyl halides is 3. The van der Waals surface area contributed by atoms with Crippen molar-refractivity contribution in [1.29, 1.82) is 0 Å². The molecular weight excluding hydrogens is 381 g/mol. The Kier molecular flexibility index (Phi) is 5.09. The maximum atomic E-state index is 13.1. The van der Waals surface area contributed by atoms with Crippen LogP contribution in [0.5, 0.6) is 0 Å². The van der Waals surface area contributed by atoms with Crippen molar-refractivity contribution in [2.45, 2.75) is 12.7 Å². The summed E-state index contributed by atoms with van der Waals surface area (Å²) in [5.41, 5.74) is 6.86. The lowest BCUT2D eigenvalue weighted by Gasteiger charge is -2.22. The second-order valence-corrected chi connectivity index (χ2v) is 6.18. The van der Waals surface area contributed by atoms with Gasteiger partial charge < -0.3 is 5.73 Å². The molecule has 27 heavy (non-hydrogen) atoms. The van der Waals surface area contributed by atoms with Crippen LogP contribution in [0, 0.1) is 0 Å². The molecule has 0 unspecified atom stereocenters. The number of nitrogens with two attached hydrogens (primary N) is 1. The van der Waals surface area contributed by atoms with Crippen LogP contribution >= 0.6 is 11.6 Å². The zero-order valence-corrected chi connectivity index (χ0v) is 14.6. The lowest BCUT2D eigenvalue weighted by atomic mass is 10.1. The van der Waals surface area contributed by atoms with Gasteiger partial charge in [-0.15, -0.1) is 0 Å². The molecule has 0 saturated carbocycles. The smallest absolute Gasteiger partial charge is 0.351 e. The predicted octanol–water partition coefficient (Wildman–Crippen LogP) is 4.83. The summed E-state index contributed by atoms with van der Waals surface area (Å²) < 4.78 is 39.2. The number of hydrogen-bond donors (Lipinski definition) is 2. The summed E-state index contributed by atoms with van der Waals surface area (Å²) in [6.07, 6.45) is -1.24. The Labute approximate surface area is 157 Å².